The smallest absolute Gasteiger partial charge is 0.247 e. The summed E-state index contributed by atoms with van der Waals surface area (Å²) in [5.41, 5.74) is 0.242. The molecule has 3 amide bonds. The van der Waals surface area contributed by atoms with Gasteiger partial charge in [-0.15, -0.1) is 0 Å². The second-order valence-corrected chi connectivity index (χ2v) is 7.92. The fraction of sp³-hybridized carbons (Fsp3) is 0.737. The molecule has 0 radical (unpaired) electrons. The van der Waals surface area contributed by atoms with E-state index in [1.807, 2.05) is 13.8 Å². The van der Waals surface area contributed by atoms with Gasteiger partial charge in [0.1, 0.15) is 12.1 Å². The molecule has 0 aromatic carbocycles. The van der Waals surface area contributed by atoms with Gasteiger partial charge in [-0.05, 0) is 32.2 Å². The number of likely N-dealkylation sites (N-methyl/N-ethyl adjacent to an activating group) is 1. The van der Waals surface area contributed by atoms with Gasteiger partial charge in [0.15, 0.2) is 0 Å². The molecule has 158 valence electrons. The molecule has 0 bridgehead atoms. The van der Waals surface area contributed by atoms with Gasteiger partial charge in [0.2, 0.25) is 17.7 Å². The van der Waals surface area contributed by atoms with Gasteiger partial charge in [0.25, 0.3) is 0 Å². The first-order chi connectivity index (χ1) is 13.2. The van der Waals surface area contributed by atoms with E-state index in [1.54, 1.807) is 7.05 Å². The number of aliphatic hydroxyl groups excluding tert-OH is 2. The van der Waals surface area contributed by atoms with Crippen molar-refractivity contribution in [1.29, 1.82) is 0 Å². The van der Waals surface area contributed by atoms with Gasteiger partial charge in [-0.1, -0.05) is 19.9 Å². The fourth-order valence-electron chi connectivity index (χ4n) is 3.52. The molecular formula is C19H32N4O5. The number of piperidine rings is 1. The zero-order chi connectivity index (χ0) is 20.8. The Hall–Kier alpha value is -1.97. The van der Waals surface area contributed by atoms with E-state index >= 15 is 0 Å². The summed E-state index contributed by atoms with van der Waals surface area (Å²) >= 11 is 0. The van der Waals surface area contributed by atoms with Crippen LogP contribution in [0.25, 0.3) is 0 Å². The molecular weight excluding hydrogens is 364 g/mol. The Labute approximate surface area is 165 Å². The molecule has 28 heavy (non-hydrogen) atoms. The van der Waals surface area contributed by atoms with Gasteiger partial charge in [-0.25, -0.2) is 0 Å². The van der Waals surface area contributed by atoms with Crippen molar-refractivity contribution in [2.75, 3.05) is 13.6 Å². The minimum atomic E-state index is -1.21. The zero-order valence-electron chi connectivity index (χ0n) is 16.7. The van der Waals surface area contributed by atoms with Gasteiger partial charge >= 0.3 is 0 Å². The summed E-state index contributed by atoms with van der Waals surface area (Å²) in [5, 5.41) is 31.4. The highest BCUT2D eigenvalue weighted by molar-refractivity contribution is 5.97. The average molecular weight is 396 g/mol. The highest BCUT2D eigenvalue weighted by Crippen LogP contribution is 2.21. The van der Waals surface area contributed by atoms with E-state index in [2.05, 4.69) is 21.3 Å². The van der Waals surface area contributed by atoms with Crippen molar-refractivity contribution in [3.63, 3.8) is 0 Å². The maximum Gasteiger partial charge on any atom is 0.247 e. The number of carbonyl (C=O) groups excluding carboxylic acids is 3. The summed E-state index contributed by atoms with van der Waals surface area (Å²) < 4.78 is 0. The predicted octanol–water partition coefficient (Wildman–Crippen LogP) is -1.45. The van der Waals surface area contributed by atoms with E-state index in [1.165, 1.54) is 6.08 Å². The molecule has 1 heterocycles. The van der Waals surface area contributed by atoms with Crippen LogP contribution in [-0.2, 0) is 14.4 Å². The van der Waals surface area contributed by atoms with E-state index in [0.29, 0.717) is 25.3 Å². The van der Waals surface area contributed by atoms with E-state index in [9.17, 15) is 24.6 Å². The summed E-state index contributed by atoms with van der Waals surface area (Å²) in [4.78, 5) is 36.9. The zero-order valence-corrected chi connectivity index (χ0v) is 16.7. The molecule has 0 aromatic rings. The van der Waals surface area contributed by atoms with E-state index in [-0.39, 0.29) is 23.8 Å². The molecule has 6 N–H and O–H groups in total. The standard InChI is InChI=1S/C19H32N4O5/c1-10(2)7-14(20-3)19(28)23-13-8-11(9-15(24)16(13)25)17(26)22-12-5-4-6-21-18(12)27/h8,10,12-16,20,24-25H,4-7,9H2,1-3H3,(H,21,27)(H,22,26)(H,23,28). The number of amides is 3. The predicted molar refractivity (Wildman–Crippen MR) is 103 cm³/mol. The fourth-order valence-corrected chi connectivity index (χ4v) is 3.52. The molecule has 1 fully saturated rings. The Morgan fingerprint density at radius 1 is 1.29 bits per heavy atom. The highest BCUT2D eigenvalue weighted by atomic mass is 16.3. The van der Waals surface area contributed by atoms with Crippen LogP contribution in [0.5, 0.6) is 0 Å². The number of hydrogen-bond donors (Lipinski definition) is 6. The maximum atomic E-state index is 12.6. The molecule has 5 unspecified atom stereocenters. The van der Waals surface area contributed by atoms with Crippen LogP contribution >= 0.6 is 0 Å². The van der Waals surface area contributed by atoms with Crippen molar-refractivity contribution < 1.29 is 24.6 Å². The average Bonchev–Trinajstić information content (AvgIpc) is 2.64. The summed E-state index contributed by atoms with van der Waals surface area (Å²) in [7, 11) is 1.68. The molecule has 9 nitrogen and oxygen atoms in total. The highest BCUT2D eigenvalue weighted by Gasteiger charge is 2.35. The third kappa shape index (κ3) is 5.76. The monoisotopic (exact) mass is 396 g/mol. The summed E-state index contributed by atoms with van der Waals surface area (Å²) in [6.45, 7) is 4.59. The van der Waals surface area contributed by atoms with Gasteiger partial charge in [-0.3, -0.25) is 14.4 Å². The number of nitrogens with one attached hydrogen (secondary N) is 4. The first-order valence-corrected chi connectivity index (χ1v) is 9.86. The molecule has 2 rings (SSSR count). The first kappa shape index (κ1) is 22.3. The van der Waals surface area contributed by atoms with Gasteiger partial charge in [0.05, 0.1) is 18.2 Å². The summed E-state index contributed by atoms with van der Waals surface area (Å²) in [6, 6.07) is -1.94. The van der Waals surface area contributed by atoms with Crippen molar-refractivity contribution in [2.24, 2.45) is 5.92 Å². The lowest BCUT2D eigenvalue weighted by atomic mass is 9.89. The number of hydrogen-bond acceptors (Lipinski definition) is 6. The number of carbonyl (C=O) groups is 3. The largest absolute Gasteiger partial charge is 0.390 e. The molecule has 0 saturated carbocycles. The van der Waals surface area contributed by atoms with Crippen molar-refractivity contribution in [3.05, 3.63) is 11.6 Å². The Morgan fingerprint density at radius 3 is 2.61 bits per heavy atom. The van der Waals surface area contributed by atoms with Crippen LogP contribution in [0, 0.1) is 5.92 Å². The SMILES string of the molecule is CNC(CC(C)C)C(=O)NC1C=C(C(=O)NC2CCCNC2=O)CC(O)C1O. The topological polar surface area (TPSA) is 140 Å². The second-order valence-electron chi connectivity index (χ2n) is 7.92. The van der Waals surface area contributed by atoms with Gasteiger partial charge < -0.3 is 31.5 Å². The lowest BCUT2D eigenvalue weighted by Crippen LogP contribution is -2.55. The second kappa shape index (κ2) is 9.99. The lowest BCUT2D eigenvalue weighted by molar-refractivity contribution is -0.129. The Balaban J connectivity index is 2.07. The summed E-state index contributed by atoms with van der Waals surface area (Å²) in [5.74, 6) is -0.716. The van der Waals surface area contributed by atoms with Gasteiger partial charge in [0, 0.05) is 18.5 Å². The van der Waals surface area contributed by atoms with Crippen LogP contribution in [0.2, 0.25) is 0 Å². The quantitative estimate of drug-likeness (QED) is 0.311. The number of aliphatic hydroxyl groups is 2. The minimum Gasteiger partial charge on any atom is -0.390 e. The van der Waals surface area contributed by atoms with E-state index < -0.39 is 36.2 Å². The molecule has 1 aliphatic carbocycles. The first-order valence-electron chi connectivity index (χ1n) is 9.86. The van der Waals surface area contributed by atoms with Crippen LogP contribution in [0.4, 0.5) is 0 Å². The maximum absolute atomic E-state index is 12.6. The third-order valence-electron chi connectivity index (χ3n) is 5.14. The van der Waals surface area contributed by atoms with Crippen LogP contribution in [-0.4, -0.2) is 71.9 Å². The molecule has 5 atom stereocenters. The van der Waals surface area contributed by atoms with Crippen molar-refractivity contribution in [1.82, 2.24) is 21.3 Å². The number of rotatable bonds is 7. The van der Waals surface area contributed by atoms with Crippen molar-refractivity contribution in [3.8, 4) is 0 Å². The van der Waals surface area contributed by atoms with Crippen LogP contribution in [0.15, 0.2) is 11.6 Å². The van der Waals surface area contributed by atoms with Crippen molar-refractivity contribution >= 4 is 17.7 Å². The molecule has 9 heteroatoms. The van der Waals surface area contributed by atoms with Crippen LogP contribution in [0.1, 0.15) is 39.5 Å². The van der Waals surface area contributed by atoms with Crippen molar-refractivity contribution in [2.45, 2.75) is 69.9 Å². The Morgan fingerprint density at radius 2 is 2.00 bits per heavy atom. The lowest BCUT2D eigenvalue weighted by Gasteiger charge is -2.32. The molecule has 1 saturated heterocycles. The third-order valence-corrected chi connectivity index (χ3v) is 5.14. The van der Waals surface area contributed by atoms with E-state index in [4.69, 9.17) is 0 Å². The molecule has 1 aliphatic heterocycles. The Bertz CT molecular complexity index is 621. The van der Waals surface area contributed by atoms with E-state index in [0.717, 1.165) is 6.42 Å². The van der Waals surface area contributed by atoms with Gasteiger partial charge in [-0.2, -0.15) is 0 Å². The minimum absolute atomic E-state index is 0.0465. The van der Waals surface area contributed by atoms with Crippen LogP contribution < -0.4 is 21.3 Å². The molecule has 0 spiro atoms. The Kier molecular flexibility index (Phi) is 7.97. The molecule has 0 aromatic heterocycles. The molecule has 2 aliphatic rings. The summed E-state index contributed by atoms with van der Waals surface area (Å²) in [6.07, 6.45) is 0.959. The van der Waals surface area contributed by atoms with Crippen LogP contribution in [0.3, 0.4) is 0 Å². The normalized spacial score (nSPS) is 28.9.